The maximum atomic E-state index is 12.6. The molecule has 1 aromatic carbocycles. The van der Waals surface area contributed by atoms with Gasteiger partial charge in [0.1, 0.15) is 0 Å². The Balaban J connectivity index is 1.68. The molecule has 134 valence electrons. The second-order valence-electron chi connectivity index (χ2n) is 6.71. The summed E-state index contributed by atoms with van der Waals surface area (Å²) in [5.41, 5.74) is 3.54. The van der Waals surface area contributed by atoms with Gasteiger partial charge >= 0.3 is 0 Å². The fraction of sp³-hybridized carbons (Fsp3) is 0.474. The van der Waals surface area contributed by atoms with Gasteiger partial charge in [-0.05, 0) is 39.3 Å². The van der Waals surface area contributed by atoms with Crippen molar-refractivity contribution in [3.8, 4) is 5.69 Å². The lowest BCUT2D eigenvalue weighted by atomic mass is 10.1. The molecule has 1 aliphatic heterocycles. The number of aryl methyl sites for hydroxylation is 2. The number of carbonyl (C=O) groups excluding carboxylic acids is 1. The van der Waals surface area contributed by atoms with Crippen LogP contribution in [0.5, 0.6) is 0 Å². The lowest BCUT2D eigenvalue weighted by Crippen LogP contribution is -2.48. The van der Waals surface area contributed by atoms with Gasteiger partial charge in [0.15, 0.2) is 5.16 Å². The van der Waals surface area contributed by atoms with Crippen LogP contribution in [0.25, 0.3) is 5.69 Å². The molecule has 0 saturated carbocycles. The van der Waals surface area contributed by atoms with Crippen molar-refractivity contribution in [3.63, 3.8) is 0 Å². The van der Waals surface area contributed by atoms with Crippen molar-refractivity contribution in [1.29, 1.82) is 0 Å². The molecule has 5 nitrogen and oxygen atoms in total. The smallest absolute Gasteiger partial charge is 0.233 e. The van der Waals surface area contributed by atoms with Crippen LogP contribution in [0.15, 0.2) is 35.7 Å². The number of hydrogen-bond donors (Lipinski definition) is 0. The maximum absolute atomic E-state index is 12.6. The van der Waals surface area contributed by atoms with Crippen LogP contribution in [0.1, 0.15) is 25.0 Å². The highest BCUT2D eigenvalue weighted by molar-refractivity contribution is 7.99. The van der Waals surface area contributed by atoms with Crippen molar-refractivity contribution >= 4 is 17.7 Å². The lowest BCUT2D eigenvalue weighted by molar-refractivity contribution is -0.140. The summed E-state index contributed by atoms with van der Waals surface area (Å²) in [7, 11) is 0. The van der Waals surface area contributed by atoms with Crippen molar-refractivity contribution in [2.75, 3.05) is 18.8 Å². The molecule has 1 aliphatic rings. The van der Waals surface area contributed by atoms with Crippen LogP contribution in [0.2, 0.25) is 0 Å². The molecular weight excluding hydrogens is 334 g/mol. The van der Waals surface area contributed by atoms with Crippen LogP contribution in [0.4, 0.5) is 0 Å². The van der Waals surface area contributed by atoms with Gasteiger partial charge in [0.25, 0.3) is 0 Å². The van der Waals surface area contributed by atoms with Gasteiger partial charge in [-0.1, -0.05) is 29.5 Å². The fourth-order valence-electron chi connectivity index (χ4n) is 3.25. The van der Waals surface area contributed by atoms with Gasteiger partial charge in [-0.25, -0.2) is 4.98 Å². The van der Waals surface area contributed by atoms with Gasteiger partial charge in [0, 0.05) is 25.5 Å². The molecule has 0 spiro atoms. The average molecular weight is 359 g/mol. The van der Waals surface area contributed by atoms with Crippen molar-refractivity contribution in [3.05, 3.63) is 41.7 Å². The molecule has 0 bridgehead atoms. The van der Waals surface area contributed by atoms with Gasteiger partial charge in [-0.3, -0.25) is 9.36 Å². The summed E-state index contributed by atoms with van der Waals surface area (Å²) in [6.07, 6.45) is 3.92. The van der Waals surface area contributed by atoms with E-state index in [4.69, 9.17) is 4.74 Å². The largest absolute Gasteiger partial charge is 0.372 e. The number of rotatable bonds is 4. The molecule has 0 unspecified atom stereocenters. The zero-order valence-corrected chi connectivity index (χ0v) is 16.0. The normalized spacial score (nSPS) is 20.7. The zero-order valence-electron chi connectivity index (χ0n) is 15.2. The third-order valence-corrected chi connectivity index (χ3v) is 5.27. The standard InChI is InChI=1S/C19H25N3O2S/c1-13-5-6-17(14(2)9-13)22-8-7-20-19(22)25-12-18(23)21-10-15(3)24-16(4)11-21/h5-9,15-16H,10-12H2,1-4H3/t15-,16-/m0/s1. The topological polar surface area (TPSA) is 47.4 Å². The number of hydrogen-bond acceptors (Lipinski definition) is 4. The number of aromatic nitrogens is 2. The predicted octanol–water partition coefficient (Wildman–Crippen LogP) is 3.22. The number of morpholine rings is 1. The molecule has 0 N–H and O–H groups in total. The summed E-state index contributed by atoms with van der Waals surface area (Å²) in [5.74, 6) is 0.531. The van der Waals surface area contributed by atoms with E-state index in [0.717, 1.165) is 10.8 Å². The number of ether oxygens (including phenoxy) is 1. The lowest BCUT2D eigenvalue weighted by Gasteiger charge is -2.35. The number of nitrogens with zero attached hydrogens (tertiary/aromatic N) is 3. The molecule has 1 fully saturated rings. The van der Waals surface area contributed by atoms with E-state index in [0.29, 0.717) is 18.8 Å². The Bertz CT molecular complexity index is 749. The highest BCUT2D eigenvalue weighted by atomic mass is 32.2. The summed E-state index contributed by atoms with van der Waals surface area (Å²) < 4.78 is 7.75. The van der Waals surface area contributed by atoms with E-state index in [2.05, 4.69) is 41.6 Å². The Morgan fingerprint density at radius 2 is 2.00 bits per heavy atom. The summed E-state index contributed by atoms with van der Waals surface area (Å²) >= 11 is 1.49. The molecule has 1 aromatic heterocycles. The summed E-state index contributed by atoms with van der Waals surface area (Å²) in [4.78, 5) is 18.9. The molecule has 3 rings (SSSR count). The number of carbonyl (C=O) groups is 1. The first kappa shape index (κ1) is 18.0. The van der Waals surface area contributed by atoms with Crippen molar-refractivity contribution in [2.24, 2.45) is 0 Å². The minimum atomic E-state index is 0.0925. The monoisotopic (exact) mass is 359 g/mol. The van der Waals surface area contributed by atoms with E-state index in [-0.39, 0.29) is 18.1 Å². The number of benzene rings is 1. The molecule has 0 aliphatic carbocycles. The van der Waals surface area contributed by atoms with Crippen LogP contribution in [0, 0.1) is 13.8 Å². The van der Waals surface area contributed by atoms with Gasteiger partial charge in [0.05, 0.1) is 23.6 Å². The first-order valence-electron chi connectivity index (χ1n) is 8.61. The molecule has 0 radical (unpaired) electrons. The van der Waals surface area contributed by atoms with Crippen LogP contribution < -0.4 is 0 Å². The second kappa shape index (κ2) is 7.62. The van der Waals surface area contributed by atoms with E-state index < -0.39 is 0 Å². The summed E-state index contributed by atoms with van der Waals surface area (Å²) in [6.45, 7) is 9.53. The van der Waals surface area contributed by atoms with Crippen LogP contribution >= 0.6 is 11.8 Å². The first-order chi connectivity index (χ1) is 11.9. The number of thioether (sulfide) groups is 1. The Kier molecular flexibility index (Phi) is 5.49. The molecule has 1 amide bonds. The predicted molar refractivity (Wildman–Crippen MR) is 100 cm³/mol. The van der Waals surface area contributed by atoms with Crippen LogP contribution in [-0.4, -0.2) is 51.4 Å². The average Bonchev–Trinajstić information content (AvgIpc) is 3.00. The highest BCUT2D eigenvalue weighted by Gasteiger charge is 2.26. The van der Waals surface area contributed by atoms with Crippen molar-refractivity contribution in [1.82, 2.24) is 14.5 Å². The Hall–Kier alpha value is -1.79. The molecule has 25 heavy (non-hydrogen) atoms. The highest BCUT2D eigenvalue weighted by Crippen LogP contribution is 2.24. The minimum Gasteiger partial charge on any atom is -0.372 e. The maximum Gasteiger partial charge on any atom is 0.233 e. The van der Waals surface area contributed by atoms with E-state index in [1.165, 1.54) is 22.9 Å². The SMILES string of the molecule is Cc1ccc(-n2ccnc2SCC(=O)N2C[C@H](C)O[C@@H](C)C2)c(C)c1. The molecule has 2 heterocycles. The minimum absolute atomic E-state index is 0.0925. The quantitative estimate of drug-likeness (QED) is 0.787. The third kappa shape index (κ3) is 4.25. The Morgan fingerprint density at radius 3 is 2.68 bits per heavy atom. The van der Waals surface area contributed by atoms with E-state index in [1.54, 1.807) is 6.20 Å². The van der Waals surface area contributed by atoms with Crippen LogP contribution in [0.3, 0.4) is 0 Å². The zero-order chi connectivity index (χ0) is 18.0. The number of amides is 1. The summed E-state index contributed by atoms with van der Waals surface area (Å²) in [5, 5.41) is 0.842. The van der Waals surface area contributed by atoms with E-state index in [1.807, 2.05) is 24.9 Å². The Morgan fingerprint density at radius 1 is 1.28 bits per heavy atom. The first-order valence-corrected chi connectivity index (χ1v) is 9.59. The molecule has 2 aromatic rings. The molecule has 6 heteroatoms. The summed E-state index contributed by atoms with van der Waals surface area (Å²) in [6, 6.07) is 6.35. The third-order valence-electron chi connectivity index (χ3n) is 4.32. The fourth-order valence-corrected chi connectivity index (χ4v) is 4.12. The molecular formula is C19H25N3O2S. The van der Waals surface area contributed by atoms with Crippen molar-refractivity contribution in [2.45, 2.75) is 45.1 Å². The van der Waals surface area contributed by atoms with Gasteiger partial charge in [-0.15, -0.1) is 0 Å². The Labute approximate surface area is 153 Å². The van der Waals surface area contributed by atoms with Crippen molar-refractivity contribution < 1.29 is 9.53 Å². The van der Waals surface area contributed by atoms with Gasteiger partial charge < -0.3 is 9.64 Å². The van der Waals surface area contributed by atoms with Crippen LogP contribution in [-0.2, 0) is 9.53 Å². The van der Waals surface area contributed by atoms with Gasteiger partial charge in [-0.2, -0.15) is 0 Å². The number of imidazole rings is 1. The van der Waals surface area contributed by atoms with Gasteiger partial charge in [0.2, 0.25) is 5.91 Å². The second-order valence-corrected chi connectivity index (χ2v) is 7.66. The van der Waals surface area contributed by atoms with E-state index >= 15 is 0 Å². The molecule has 1 saturated heterocycles. The van der Waals surface area contributed by atoms with E-state index in [9.17, 15) is 4.79 Å². The molecule has 2 atom stereocenters.